The lowest BCUT2D eigenvalue weighted by atomic mass is 10.00. The average Bonchev–Trinajstić information content (AvgIpc) is 3.26. The second-order valence-electron chi connectivity index (χ2n) is 15.7. The van der Waals surface area contributed by atoms with Crippen molar-refractivity contribution in [2.75, 3.05) is 19.0 Å². The first-order valence-corrected chi connectivity index (χ1v) is 25.1. The summed E-state index contributed by atoms with van der Waals surface area (Å²) >= 11 is 0. The van der Waals surface area contributed by atoms with E-state index in [2.05, 4.69) is 98.9 Å². The van der Waals surface area contributed by atoms with Gasteiger partial charge >= 0.3 is 11.9 Å². The lowest BCUT2D eigenvalue weighted by Gasteiger charge is -2.40. The molecule has 1 heterocycles. The zero-order chi connectivity index (χ0) is 46.9. The van der Waals surface area contributed by atoms with Gasteiger partial charge in [0.1, 0.15) is 36.8 Å². The fourth-order valence-corrected chi connectivity index (χ4v) is 7.02. The number of aliphatic hydroxyl groups excluding tert-OH is 3. The number of esters is 2. The molecule has 6 atom stereocenters. The Bertz CT molecular complexity index is 1590. The molecule has 1 rings (SSSR count). The Kier molecular flexibility index (Phi) is 36.1. The molecular weight excluding hydrogens is 837 g/mol. The van der Waals surface area contributed by atoms with Crippen molar-refractivity contribution in [3.63, 3.8) is 0 Å². The van der Waals surface area contributed by atoms with E-state index in [4.69, 9.17) is 18.9 Å². The predicted octanol–water partition coefficient (Wildman–Crippen LogP) is 10.0. The van der Waals surface area contributed by atoms with Crippen molar-refractivity contribution in [3.05, 3.63) is 109 Å². The Balaban J connectivity index is 2.47. The summed E-state index contributed by atoms with van der Waals surface area (Å²) in [5.41, 5.74) is 0. The average molecular weight is 917 g/mol. The molecule has 6 unspecified atom stereocenters. The number of aliphatic hydroxyl groups is 3. The molecule has 0 amide bonds. The van der Waals surface area contributed by atoms with Crippen molar-refractivity contribution in [3.8, 4) is 0 Å². The highest BCUT2D eigenvalue weighted by Gasteiger charge is 2.46. The molecule has 13 heteroatoms. The van der Waals surface area contributed by atoms with E-state index < -0.39 is 71.2 Å². The van der Waals surface area contributed by atoms with E-state index in [-0.39, 0.29) is 19.4 Å². The van der Waals surface area contributed by atoms with Gasteiger partial charge in [0.2, 0.25) is 0 Å². The van der Waals surface area contributed by atoms with E-state index in [0.29, 0.717) is 12.8 Å². The third-order valence-corrected chi connectivity index (χ3v) is 10.6. The highest BCUT2D eigenvalue weighted by molar-refractivity contribution is 7.85. The summed E-state index contributed by atoms with van der Waals surface area (Å²) in [7, 11) is -4.62. The smallest absolute Gasteiger partial charge is 0.310 e. The highest BCUT2D eigenvalue weighted by atomic mass is 32.2. The van der Waals surface area contributed by atoms with Crippen LogP contribution in [0.2, 0.25) is 0 Å². The molecule has 1 aliphatic heterocycles. The summed E-state index contributed by atoms with van der Waals surface area (Å²) in [6.45, 7) is 3.43. The predicted molar refractivity (Wildman–Crippen MR) is 256 cm³/mol. The van der Waals surface area contributed by atoms with Gasteiger partial charge in [0.05, 0.1) is 13.0 Å². The van der Waals surface area contributed by atoms with E-state index >= 15 is 0 Å². The zero-order valence-corrected chi connectivity index (χ0v) is 39.4. The molecule has 0 radical (unpaired) electrons. The summed E-state index contributed by atoms with van der Waals surface area (Å²) in [6.07, 6.45) is 45.9. The van der Waals surface area contributed by atoms with Crippen LogP contribution in [-0.2, 0) is 38.7 Å². The topological polar surface area (TPSA) is 186 Å². The molecule has 0 bridgehead atoms. The van der Waals surface area contributed by atoms with Gasteiger partial charge in [-0.25, -0.2) is 0 Å². The van der Waals surface area contributed by atoms with Crippen molar-refractivity contribution in [2.24, 2.45) is 0 Å². The van der Waals surface area contributed by atoms with Crippen LogP contribution in [0.1, 0.15) is 142 Å². The van der Waals surface area contributed by atoms with Crippen molar-refractivity contribution >= 4 is 22.1 Å². The standard InChI is InChI=1S/C51H80O12S/c1-3-5-7-9-11-13-15-17-19-20-21-22-23-24-26-27-29-31-33-35-37-39-46(52)60-41-44(42-61-51-50(56)49(55)48(54)45(63-51)43-64(57,58)59)62-47(53)40-38-36-34-32-30-28-25-18-16-14-12-10-8-6-4-2/h5-8,11-14,17-19,21-22,25,30,32,36,38,44-45,48-51,54-56H,3-4,9-10,15-16,20,23-24,26-29,31,33-35,37,39-43H2,1-2H3,(H,57,58,59)/b7-5-,8-6-,13-11-,14-12-,19-17-,22-21-,25-18-,32-30-,38-36-. The molecule has 0 aromatic rings. The molecule has 1 saturated heterocycles. The summed E-state index contributed by atoms with van der Waals surface area (Å²) in [5, 5.41) is 30.9. The first-order chi connectivity index (χ1) is 31.0. The molecule has 0 spiro atoms. The van der Waals surface area contributed by atoms with Crippen LogP contribution >= 0.6 is 0 Å². The second kappa shape index (κ2) is 39.7. The van der Waals surface area contributed by atoms with Crippen LogP contribution in [0, 0.1) is 0 Å². The first kappa shape index (κ1) is 58.3. The van der Waals surface area contributed by atoms with Crippen LogP contribution < -0.4 is 0 Å². The minimum atomic E-state index is -4.62. The maximum atomic E-state index is 12.8. The molecule has 1 fully saturated rings. The number of unbranched alkanes of at least 4 members (excludes halogenated alkanes) is 8. The van der Waals surface area contributed by atoms with Gasteiger partial charge in [-0.05, 0) is 77.0 Å². The van der Waals surface area contributed by atoms with Gasteiger partial charge in [0.15, 0.2) is 12.4 Å². The number of carbonyl (C=O) groups is 2. The van der Waals surface area contributed by atoms with Crippen LogP contribution in [0.4, 0.5) is 0 Å². The molecular formula is C51H80O12S. The molecule has 12 nitrogen and oxygen atoms in total. The van der Waals surface area contributed by atoms with E-state index in [9.17, 15) is 37.9 Å². The Morgan fingerprint density at radius 3 is 1.47 bits per heavy atom. The quantitative estimate of drug-likeness (QED) is 0.0200. The van der Waals surface area contributed by atoms with Gasteiger partial charge in [-0.1, -0.05) is 162 Å². The van der Waals surface area contributed by atoms with Crippen LogP contribution in [0.25, 0.3) is 0 Å². The monoisotopic (exact) mass is 917 g/mol. The molecule has 1 aliphatic rings. The largest absolute Gasteiger partial charge is 0.462 e. The van der Waals surface area contributed by atoms with Gasteiger partial charge in [-0.15, -0.1) is 0 Å². The first-order valence-electron chi connectivity index (χ1n) is 23.4. The van der Waals surface area contributed by atoms with Crippen molar-refractivity contribution < 1.29 is 56.8 Å². The normalized spacial score (nSPS) is 20.6. The summed E-state index contributed by atoms with van der Waals surface area (Å²) in [5.74, 6) is -2.17. The van der Waals surface area contributed by atoms with Gasteiger partial charge in [-0.3, -0.25) is 14.1 Å². The number of ether oxygens (including phenoxy) is 4. The lowest BCUT2D eigenvalue weighted by Crippen LogP contribution is -2.60. The Morgan fingerprint density at radius 2 is 0.984 bits per heavy atom. The second-order valence-corrected chi connectivity index (χ2v) is 17.2. The molecule has 4 N–H and O–H groups in total. The Morgan fingerprint density at radius 1 is 0.547 bits per heavy atom. The van der Waals surface area contributed by atoms with E-state index in [0.717, 1.165) is 83.5 Å². The SMILES string of the molecule is CC/C=C\C/C=C\C/C=C\C/C=C\C/C=C\CC(=O)OC(COC(=O)CCCCCCCCCC/C=C\C/C=C\C/C=C\C/C=C\CC)COC1OC(CS(=O)(=O)O)C(O)C(O)C1O. The molecule has 0 aromatic carbocycles. The summed E-state index contributed by atoms with van der Waals surface area (Å²) in [4.78, 5) is 25.4. The van der Waals surface area contributed by atoms with E-state index in [1.807, 2.05) is 18.2 Å². The van der Waals surface area contributed by atoms with Crippen LogP contribution in [0.5, 0.6) is 0 Å². The lowest BCUT2D eigenvalue weighted by molar-refractivity contribution is -0.297. The Labute approximate surface area is 385 Å². The maximum Gasteiger partial charge on any atom is 0.310 e. The minimum absolute atomic E-state index is 0.0762. The van der Waals surface area contributed by atoms with Crippen LogP contribution in [0.3, 0.4) is 0 Å². The number of carbonyl (C=O) groups excluding carboxylic acids is 2. The van der Waals surface area contributed by atoms with Crippen LogP contribution in [0.15, 0.2) is 109 Å². The van der Waals surface area contributed by atoms with E-state index in [1.165, 1.54) is 19.3 Å². The maximum absolute atomic E-state index is 12.8. The van der Waals surface area contributed by atoms with Gasteiger partial charge in [-0.2, -0.15) is 8.42 Å². The van der Waals surface area contributed by atoms with Crippen LogP contribution in [-0.4, -0.2) is 96.0 Å². The van der Waals surface area contributed by atoms with Gasteiger partial charge < -0.3 is 34.3 Å². The van der Waals surface area contributed by atoms with Crippen molar-refractivity contribution in [1.82, 2.24) is 0 Å². The fraction of sp³-hybridized carbons (Fsp3) is 0.608. The molecule has 0 aliphatic carbocycles. The molecule has 0 saturated carbocycles. The number of rotatable bonds is 37. The molecule has 362 valence electrons. The Hall–Kier alpha value is -3.69. The third-order valence-electron chi connectivity index (χ3n) is 9.88. The molecule has 0 aromatic heterocycles. The van der Waals surface area contributed by atoms with Crippen molar-refractivity contribution in [1.29, 1.82) is 0 Å². The van der Waals surface area contributed by atoms with Gasteiger partial charge in [0, 0.05) is 6.42 Å². The number of hydrogen-bond donors (Lipinski definition) is 4. The molecule has 64 heavy (non-hydrogen) atoms. The highest BCUT2D eigenvalue weighted by Crippen LogP contribution is 2.24. The van der Waals surface area contributed by atoms with E-state index in [1.54, 1.807) is 6.08 Å². The fourth-order valence-electron chi connectivity index (χ4n) is 6.33. The summed E-state index contributed by atoms with van der Waals surface area (Å²) in [6, 6.07) is 0. The number of hydrogen-bond acceptors (Lipinski definition) is 11. The zero-order valence-electron chi connectivity index (χ0n) is 38.6. The summed E-state index contributed by atoms with van der Waals surface area (Å²) < 4.78 is 54.0. The van der Waals surface area contributed by atoms with Crippen molar-refractivity contribution in [2.45, 2.75) is 179 Å². The third kappa shape index (κ3) is 33.8. The number of allylic oxidation sites excluding steroid dienone is 17. The minimum Gasteiger partial charge on any atom is -0.462 e. The van der Waals surface area contributed by atoms with Gasteiger partial charge in [0.25, 0.3) is 10.1 Å².